The minimum atomic E-state index is -0.228. The van der Waals surface area contributed by atoms with Crippen LogP contribution in [-0.4, -0.2) is 34.8 Å². The summed E-state index contributed by atoms with van der Waals surface area (Å²) in [7, 11) is 1.51. The molecular weight excluding hydrogens is 254 g/mol. The van der Waals surface area contributed by atoms with Gasteiger partial charge >= 0.3 is 6.01 Å². The van der Waals surface area contributed by atoms with Crippen LogP contribution in [0.4, 0.5) is 5.82 Å². The molecule has 0 aromatic carbocycles. The largest absolute Gasteiger partial charge is 0.467 e. The topological polar surface area (TPSA) is 67.3 Å². The van der Waals surface area contributed by atoms with E-state index in [0.29, 0.717) is 17.4 Å². The molecule has 2 N–H and O–H groups in total. The quantitative estimate of drug-likeness (QED) is 0.878. The molecule has 6 heteroatoms. The SMILES string of the molecule is COc1ncc(Cl)c(NCC2CCCCC2O)n1. The van der Waals surface area contributed by atoms with Gasteiger partial charge in [0.1, 0.15) is 5.02 Å². The Hall–Kier alpha value is -1.07. The number of nitrogens with one attached hydrogen (secondary N) is 1. The van der Waals surface area contributed by atoms with Crippen LogP contribution in [0.5, 0.6) is 6.01 Å². The van der Waals surface area contributed by atoms with Gasteiger partial charge in [0.2, 0.25) is 0 Å². The highest BCUT2D eigenvalue weighted by Gasteiger charge is 2.23. The maximum Gasteiger partial charge on any atom is 0.318 e. The van der Waals surface area contributed by atoms with E-state index in [0.717, 1.165) is 19.3 Å². The third-order valence-corrected chi connectivity index (χ3v) is 3.58. The van der Waals surface area contributed by atoms with Gasteiger partial charge in [-0.1, -0.05) is 24.4 Å². The Balaban J connectivity index is 1.96. The summed E-state index contributed by atoms with van der Waals surface area (Å²) in [5, 5.41) is 13.5. The first-order valence-corrected chi connectivity index (χ1v) is 6.57. The molecule has 1 aliphatic carbocycles. The second-order valence-corrected chi connectivity index (χ2v) is 4.95. The molecule has 1 heterocycles. The molecule has 5 nitrogen and oxygen atoms in total. The lowest BCUT2D eigenvalue weighted by Crippen LogP contribution is -2.30. The van der Waals surface area contributed by atoms with Crippen molar-refractivity contribution in [1.82, 2.24) is 9.97 Å². The molecule has 2 unspecified atom stereocenters. The Morgan fingerprint density at radius 1 is 1.50 bits per heavy atom. The number of aliphatic hydroxyl groups excluding tert-OH is 1. The zero-order valence-electron chi connectivity index (χ0n) is 10.4. The van der Waals surface area contributed by atoms with Crippen LogP contribution >= 0.6 is 11.6 Å². The second kappa shape index (κ2) is 6.20. The molecule has 0 radical (unpaired) electrons. The number of aliphatic hydroxyl groups is 1. The number of anilines is 1. The van der Waals surface area contributed by atoms with E-state index < -0.39 is 0 Å². The van der Waals surface area contributed by atoms with Crippen molar-refractivity contribution in [2.75, 3.05) is 19.0 Å². The van der Waals surface area contributed by atoms with E-state index in [-0.39, 0.29) is 18.0 Å². The minimum absolute atomic E-state index is 0.228. The third-order valence-electron chi connectivity index (χ3n) is 3.31. The number of hydrogen-bond acceptors (Lipinski definition) is 5. The van der Waals surface area contributed by atoms with Gasteiger partial charge in [0.25, 0.3) is 0 Å². The van der Waals surface area contributed by atoms with Crippen molar-refractivity contribution in [2.24, 2.45) is 5.92 Å². The van der Waals surface area contributed by atoms with Gasteiger partial charge in [0.15, 0.2) is 5.82 Å². The molecule has 2 atom stereocenters. The summed E-state index contributed by atoms with van der Waals surface area (Å²) < 4.78 is 4.95. The van der Waals surface area contributed by atoms with E-state index in [1.54, 1.807) is 0 Å². The van der Waals surface area contributed by atoms with Crippen molar-refractivity contribution in [3.63, 3.8) is 0 Å². The lowest BCUT2D eigenvalue weighted by Gasteiger charge is -2.27. The number of halogens is 1. The average Bonchev–Trinajstić information content (AvgIpc) is 2.39. The molecule has 1 fully saturated rings. The summed E-state index contributed by atoms with van der Waals surface area (Å²) in [6, 6.07) is 0.283. The molecule has 1 aliphatic rings. The Morgan fingerprint density at radius 2 is 2.28 bits per heavy atom. The Labute approximate surface area is 112 Å². The van der Waals surface area contributed by atoms with Crippen LogP contribution in [-0.2, 0) is 0 Å². The predicted octanol–water partition coefficient (Wildman–Crippen LogP) is 2.10. The fraction of sp³-hybridized carbons (Fsp3) is 0.667. The standard InChI is InChI=1S/C12H18ClN3O2/c1-18-12-15-7-9(13)11(16-12)14-6-8-4-2-3-5-10(8)17/h7-8,10,17H,2-6H2,1H3,(H,14,15,16). The molecule has 18 heavy (non-hydrogen) atoms. The first-order chi connectivity index (χ1) is 8.70. The normalized spacial score (nSPS) is 23.7. The van der Waals surface area contributed by atoms with Gasteiger partial charge < -0.3 is 15.2 Å². The van der Waals surface area contributed by atoms with Crippen molar-refractivity contribution in [2.45, 2.75) is 31.8 Å². The van der Waals surface area contributed by atoms with Crippen molar-refractivity contribution in [3.8, 4) is 6.01 Å². The molecule has 1 aromatic heterocycles. The van der Waals surface area contributed by atoms with Crippen LogP contribution in [0.1, 0.15) is 25.7 Å². The highest BCUT2D eigenvalue weighted by molar-refractivity contribution is 6.32. The van der Waals surface area contributed by atoms with Gasteiger partial charge in [-0.2, -0.15) is 4.98 Å². The minimum Gasteiger partial charge on any atom is -0.467 e. The smallest absolute Gasteiger partial charge is 0.318 e. The summed E-state index contributed by atoms with van der Waals surface area (Å²) in [5.74, 6) is 0.817. The maximum absolute atomic E-state index is 9.89. The van der Waals surface area contributed by atoms with Crippen molar-refractivity contribution < 1.29 is 9.84 Å². The van der Waals surface area contributed by atoms with Crippen molar-refractivity contribution >= 4 is 17.4 Å². The molecule has 0 bridgehead atoms. The van der Waals surface area contributed by atoms with Crippen LogP contribution < -0.4 is 10.1 Å². The summed E-state index contributed by atoms with van der Waals surface area (Å²) in [4.78, 5) is 8.05. The maximum atomic E-state index is 9.89. The van der Waals surface area contributed by atoms with Crippen LogP contribution in [0.3, 0.4) is 0 Å². The molecule has 1 saturated carbocycles. The number of aromatic nitrogens is 2. The fourth-order valence-electron chi connectivity index (χ4n) is 2.23. The molecule has 0 spiro atoms. The van der Waals surface area contributed by atoms with E-state index in [9.17, 15) is 5.11 Å². The van der Waals surface area contributed by atoms with E-state index >= 15 is 0 Å². The van der Waals surface area contributed by atoms with E-state index in [1.165, 1.54) is 19.7 Å². The number of rotatable bonds is 4. The molecule has 2 rings (SSSR count). The summed E-state index contributed by atoms with van der Waals surface area (Å²) in [6.45, 7) is 0.668. The molecule has 1 aromatic rings. The third kappa shape index (κ3) is 3.23. The molecule has 100 valence electrons. The number of ether oxygens (including phenoxy) is 1. The first-order valence-electron chi connectivity index (χ1n) is 6.19. The van der Waals surface area contributed by atoms with E-state index in [2.05, 4.69) is 15.3 Å². The lowest BCUT2D eigenvalue weighted by atomic mass is 9.86. The van der Waals surface area contributed by atoms with Crippen molar-refractivity contribution in [1.29, 1.82) is 0 Å². The van der Waals surface area contributed by atoms with Crippen molar-refractivity contribution in [3.05, 3.63) is 11.2 Å². The van der Waals surface area contributed by atoms with Crippen LogP contribution in [0, 0.1) is 5.92 Å². The first kappa shape index (κ1) is 13.4. The number of methoxy groups -OCH3 is 1. The molecule has 0 saturated heterocycles. The summed E-state index contributed by atoms with van der Waals surface area (Å²) in [6.07, 6.45) is 5.48. The lowest BCUT2D eigenvalue weighted by molar-refractivity contribution is 0.0763. The summed E-state index contributed by atoms with van der Waals surface area (Å²) >= 11 is 6.00. The van der Waals surface area contributed by atoms with Gasteiger partial charge in [-0.05, 0) is 12.8 Å². The number of nitrogens with zero attached hydrogens (tertiary/aromatic N) is 2. The fourth-order valence-corrected chi connectivity index (χ4v) is 2.39. The zero-order chi connectivity index (χ0) is 13.0. The van der Waals surface area contributed by atoms with Gasteiger partial charge in [-0.25, -0.2) is 4.98 Å². The van der Waals surface area contributed by atoms with Gasteiger partial charge in [-0.3, -0.25) is 0 Å². The Morgan fingerprint density at radius 3 is 3.00 bits per heavy atom. The Bertz CT molecular complexity index is 403. The van der Waals surface area contributed by atoms with Crippen LogP contribution in [0.15, 0.2) is 6.20 Å². The summed E-state index contributed by atoms with van der Waals surface area (Å²) in [5.41, 5.74) is 0. The molecular formula is C12H18ClN3O2. The van der Waals surface area contributed by atoms with Crippen LogP contribution in [0.25, 0.3) is 0 Å². The highest BCUT2D eigenvalue weighted by atomic mass is 35.5. The van der Waals surface area contributed by atoms with E-state index in [1.807, 2.05) is 0 Å². The van der Waals surface area contributed by atoms with Crippen LogP contribution in [0.2, 0.25) is 5.02 Å². The highest BCUT2D eigenvalue weighted by Crippen LogP contribution is 2.26. The monoisotopic (exact) mass is 271 g/mol. The Kier molecular flexibility index (Phi) is 4.60. The molecule has 0 amide bonds. The van der Waals surface area contributed by atoms with Gasteiger partial charge in [0, 0.05) is 12.5 Å². The predicted molar refractivity (Wildman–Crippen MR) is 70.0 cm³/mol. The molecule has 0 aliphatic heterocycles. The number of hydrogen-bond donors (Lipinski definition) is 2. The zero-order valence-corrected chi connectivity index (χ0v) is 11.2. The second-order valence-electron chi connectivity index (χ2n) is 4.55. The van der Waals surface area contributed by atoms with Gasteiger partial charge in [-0.15, -0.1) is 0 Å². The van der Waals surface area contributed by atoms with E-state index in [4.69, 9.17) is 16.3 Å². The van der Waals surface area contributed by atoms with Gasteiger partial charge in [0.05, 0.1) is 19.4 Å². The average molecular weight is 272 g/mol.